The Morgan fingerprint density at radius 1 is 0.588 bits per heavy atom. The summed E-state index contributed by atoms with van der Waals surface area (Å²) in [4.78, 5) is 12.3. The predicted molar refractivity (Wildman–Crippen MR) is 156 cm³/mol. The molecule has 0 aliphatic carbocycles. The highest BCUT2D eigenvalue weighted by Gasteiger charge is 2.54. The van der Waals surface area contributed by atoms with Crippen LogP contribution in [0.4, 0.5) is 0 Å². The van der Waals surface area contributed by atoms with Crippen LogP contribution < -0.4 is 0 Å². The van der Waals surface area contributed by atoms with Crippen molar-refractivity contribution in [1.82, 2.24) is 0 Å². The van der Waals surface area contributed by atoms with Crippen LogP contribution in [0.25, 0.3) is 0 Å². The van der Waals surface area contributed by atoms with E-state index in [1.165, 1.54) is 0 Å². The molecule has 0 heterocycles. The largest absolute Gasteiger partial charge is 0.473 e. The fourth-order valence-electron chi connectivity index (χ4n) is 4.63. The first-order valence-corrected chi connectivity index (χ1v) is 23.6. The minimum Gasteiger partial charge on any atom is -0.463 e. The van der Waals surface area contributed by atoms with Gasteiger partial charge in [-0.25, -0.2) is 4.79 Å². The van der Waals surface area contributed by atoms with E-state index < -0.39 is 33.8 Å². The molecule has 0 saturated carbocycles. The molecule has 0 unspecified atom stereocenters. The van der Waals surface area contributed by atoms with Crippen LogP contribution in [-0.2, 0) is 21.9 Å². The molecule has 0 rings (SSSR count). The van der Waals surface area contributed by atoms with Crippen molar-refractivity contribution in [3.63, 3.8) is 0 Å². The molecule has 0 aromatic heterocycles. The lowest BCUT2D eigenvalue weighted by atomic mass is 10.5. The standard InChI is InChI=1S/C25H56O5Si4/c1-11-23-27-25(26)22-21-24-34(28-31(12-2,13-3)14-4,29-32(15-5,16-6)17-7)30-33(18-8,19-9)20-10/h21-22H,11-20,23-24H2,1-10H3. The monoisotopic (exact) mass is 548 g/mol. The zero-order valence-corrected chi connectivity index (χ0v) is 28.2. The Bertz CT molecular complexity index is 508. The number of allylic oxidation sites excluding steroid dienone is 1. The predicted octanol–water partition coefficient (Wildman–Crippen LogP) is 8.50. The lowest BCUT2D eigenvalue weighted by Gasteiger charge is -2.48. The van der Waals surface area contributed by atoms with Crippen molar-refractivity contribution in [2.75, 3.05) is 6.61 Å². The number of carbonyl (C=O) groups is 1. The van der Waals surface area contributed by atoms with Gasteiger partial charge in [0.15, 0.2) is 25.0 Å². The van der Waals surface area contributed by atoms with Crippen molar-refractivity contribution in [1.29, 1.82) is 0 Å². The van der Waals surface area contributed by atoms with Gasteiger partial charge in [0, 0.05) is 12.1 Å². The summed E-state index contributed by atoms with van der Waals surface area (Å²) >= 11 is 0. The molecule has 0 aromatic carbocycles. The molecular weight excluding hydrogens is 493 g/mol. The lowest BCUT2D eigenvalue weighted by molar-refractivity contribution is -0.137. The van der Waals surface area contributed by atoms with E-state index in [9.17, 15) is 4.79 Å². The summed E-state index contributed by atoms with van der Waals surface area (Å²) in [5, 5.41) is 0. The Morgan fingerprint density at radius 3 is 1.18 bits per heavy atom. The van der Waals surface area contributed by atoms with Gasteiger partial charge in [-0.1, -0.05) is 75.3 Å². The van der Waals surface area contributed by atoms with Crippen LogP contribution >= 0.6 is 0 Å². The lowest BCUT2D eigenvalue weighted by Crippen LogP contribution is -2.64. The second kappa shape index (κ2) is 16.7. The van der Waals surface area contributed by atoms with Gasteiger partial charge >= 0.3 is 14.8 Å². The Hall–Kier alpha value is -0.0425. The molecule has 0 saturated heterocycles. The minimum atomic E-state index is -3.10. The summed E-state index contributed by atoms with van der Waals surface area (Å²) in [6.45, 7) is 22.9. The maximum Gasteiger partial charge on any atom is 0.473 e. The summed E-state index contributed by atoms with van der Waals surface area (Å²) < 4.78 is 27.4. The highest BCUT2D eigenvalue weighted by Crippen LogP contribution is 2.38. The molecule has 0 aliphatic rings. The highest BCUT2D eigenvalue weighted by atomic mass is 28.5. The minimum absolute atomic E-state index is 0.287. The first-order chi connectivity index (χ1) is 16.1. The molecule has 34 heavy (non-hydrogen) atoms. The molecule has 0 aromatic rings. The van der Waals surface area contributed by atoms with Gasteiger partial charge in [0.05, 0.1) is 6.61 Å². The second-order valence-corrected chi connectivity index (χ2v) is 27.2. The molecule has 0 fully saturated rings. The number of esters is 1. The van der Waals surface area contributed by atoms with E-state index in [4.69, 9.17) is 17.1 Å². The Kier molecular flexibility index (Phi) is 16.6. The van der Waals surface area contributed by atoms with Crippen LogP contribution in [0, 0.1) is 0 Å². The third-order valence-electron chi connectivity index (χ3n) is 7.99. The normalized spacial score (nSPS) is 13.6. The van der Waals surface area contributed by atoms with Gasteiger partial charge in [-0.3, -0.25) is 0 Å². The Morgan fingerprint density at radius 2 is 0.912 bits per heavy atom. The molecule has 0 atom stereocenters. The first-order valence-electron chi connectivity index (χ1n) is 14.1. The SMILES string of the molecule is CCCOC(=O)C=CC[Si](O[Si](CC)(CC)CC)(O[Si](CC)(CC)CC)O[Si](CC)(CC)CC. The number of ether oxygens (including phenoxy) is 1. The fourth-order valence-corrected chi connectivity index (χ4v) is 25.3. The molecule has 0 bridgehead atoms. The summed E-state index contributed by atoms with van der Waals surface area (Å²) in [6.07, 6.45) is 4.33. The molecule has 0 N–H and O–H groups in total. The van der Waals surface area contributed by atoms with Crippen LogP contribution in [0.5, 0.6) is 0 Å². The van der Waals surface area contributed by atoms with E-state index in [2.05, 4.69) is 62.3 Å². The summed E-state index contributed by atoms with van der Waals surface area (Å²) in [6, 6.07) is 10.1. The topological polar surface area (TPSA) is 54.0 Å². The first kappa shape index (κ1) is 34.0. The van der Waals surface area contributed by atoms with Gasteiger partial charge in [0.1, 0.15) is 0 Å². The molecule has 0 spiro atoms. The van der Waals surface area contributed by atoms with Crippen molar-refractivity contribution in [3.05, 3.63) is 12.2 Å². The van der Waals surface area contributed by atoms with Crippen molar-refractivity contribution >= 4 is 39.7 Å². The van der Waals surface area contributed by atoms with Gasteiger partial charge < -0.3 is 17.1 Å². The molecule has 0 amide bonds. The molecular formula is C25H56O5Si4. The quantitative estimate of drug-likeness (QED) is 0.0867. The zero-order chi connectivity index (χ0) is 26.3. The second-order valence-electron chi connectivity index (χ2n) is 9.49. The molecule has 0 aliphatic heterocycles. The molecule has 202 valence electrons. The summed E-state index contributed by atoms with van der Waals surface area (Å²) in [7, 11) is -9.16. The van der Waals surface area contributed by atoms with Crippen LogP contribution in [-0.4, -0.2) is 46.3 Å². The number of carbonyl (C=O) groups excluding carboxylic acids is 1. The van der Waals surface area contributed by atoms with Crippen LogP contribution in [0.1, 0.15) is 75.7 Å². The van der Waals surface area contributed by atoms with Gasteiger partial charge in [0.2, 0.25) is 0 Å². The molecule has 0 radical (unpaired) electrons. The third kappa shape index (κ3) is 9.78. The summed E-state index contributed by atoms with van der Waals surface area (Å²) in [5.41, 5.74) is 0. The highest BCUT2D eigenvalue weighted by molar-refractivity contribution is 6.92. The summed E-state index contributed by atoms with van der Waals surface area (Å²) in [5.74, 6) is -0.287. The molecule has 9 heteroatoms. The van der Waals surface area contributed by atoms with Crippen molar-refractivity contribution in [2.24, 2.45) is 0 Å². The van der Waals surface area contributed by atoms with Crippen LogP contribution in [0.3, 0.4) is 0 Å². The fraction of sp³-hybridized carbons (Fsp3) is 0.880. The van der Waals surface area contributed by atoms with Gasteiger partial charge in [-0.15, -0.1) is 0 Å². The van der Waals surface area contributed by atoms with Crippen molar-refractivity contribution in [2.45, 2.75) is 136 Å². The average Bonchev–Trinajstić information content (AvgIpc) is 2.88. The number of rotatable bonds is 20. The molecule has 5 nitrogen and oxygen atoms in total. The number of hydrogen-bond acceptors (Lipinski definition) is 5. The average molecular weight is 549 g/mol. The van der Waals surface area contributed by atoms with E-state index in [1.807, 2.05) is 13.0 Å². The van der Waals surface area contributed by atoms with Crippen LogP contribution in [0.2, 0.25) is 60.4 Å². The van der Waals surface area contributed by atoms with Crippen LogP contribution in [0.15, 0.2) is 12.2 Å². The Labute approximate surface area is 216 Å². The van der Waals surface area contributed by atoms with E-state index >= 15 is 0 Å². The van der Waals surface area contributed by atoms with E-state index in [0.29, 0.717) is 12.7 Å². The van der Waals surface area contributed by atoms with E-state index in [-0.39, 0.29) is 5.97 Å². The van der Waals surface area contributed by atoms with Gasteiger partial charge in [0.25, 0.3) is 0 Å². The van der Waals surface area contributed by atoms with Crippen molar-refractivity contribution < 1.29 is 21.9 Å². The van der Waals surface area contributed by atoms with E-state index in [0.717, 1.165) is 60.8 Å². The maximum absolute atomic E-state index is 12.3. The van der Waals surface area contributed by atoms with Gasteiger partial charge in [-0.2, -0.15) is 0 Å². The smallest absolute Gasteiger partial charge is 0.463 e. The van der Waals surface area contributed by atoms with Gasteiger partial charge in [-0.05, 0) is 60.8 Å². The number of hydrogen-bond donors (Lipinski definition) is 0. The third-order valence-corrected chi connectivity index (χ3v) is 29.2. The Balaban J connectivity index is 6.67. The van der Waals surface area contributed by atoms with E-state index in [1.54, 1.807) is 6.08 Å². The zero-order valence-electron chi connectivity index (χ0n) is 24.2. The van der Waals surface area contributed by atoms with Crippen molar-refractivity contribution in [3.8, 4) is 0 Å². The maximum atomic E-state index is 12.3.